The Morgan fingerprint density at radius 3 is 2.52 bits per heavy atom. The number of hydrogen-bond acceptors (Lipinski definition) is 3. The zero-order chi connectivity index (χ0) is 16.7. The van der Waals surface area contributed by atoms with Crippen LogP contribution in [0, 0.1) is 0 Å². The minimum atomic E-state index is -0.0937. The van der Waals surface area contributed by atoms with Gasteiger partial charge in [0, 0.05) is 5.02 Å². The highest BCUT2D eigenvalue weighted by molar-refractivity contribution is 6.30. The van der Waals surface area contributed by atoms with Gasteiger partial charge in [-0.15, -0.1) is 0 Å². The Labute approximate surface area is 141 Å². The predicted molar refractivity (Wildman–Crippen MR) is 91.2 cm³/mol. The monoisotopic (exact) mass is 333 g/mol. The molecule has 1 atom stereocenters. The molecule has 0 unspecified atom stereocenters. The lowest BCUT2D eigenvalue weighted by Crippen LogP contribution is -2.37. The van der Waals surface area contributed by atoms with Gasteiger partial charge in [0.05, 0.1) is 19.6 Å². The molecule has 0 aliphatic rings. The summed E-state index contributed by atoms with van der Waals surface area (Å²) >= 11 is 5.91. The highest BCUT2D eigenvalue weighted by Crippen LogP contribution is 2.17. The molecule has 0 radical (unpaired) electrons. The number of ether oxygens (including phenoxy) is 2. The van der Waals surface area contributed by atoms with E-state index in [1.54, 1.807) is 19.2 Å². The van der Waals surface area contributed by atoms with E-state index in [-0.39, 0.29) is 11.9 Å². The summed E-state index contributed by atoms with van der Waals surface area (Å²) in [6, 6.07) is 14.5. The fourth-order valence-corrected chi connectivity index (χ4v) is 2.31. The molecule has 2 aromatic rings. The van der Waals surface area contributed by atoms with Crippen LogP contribution in [-0.4, -0.2) is 25.7 Å². The summed E-state index contributed by atoms with van der Waals surface area (Å²) in [6.45, 7) is 2.30. The summed E-state index contributed by atoms with van der Waals surface area (Å²) in [5.74, 6) is 1.46. The lowest BCUT2D eigenvalue weighted by atomic mass is 10.1. The first-order valence-electron chi connectivity index (χ1n) is 7.37. The van der Waals surface area contributed by atoms with E-state index < -0.39 is 0 Å². The van der Waals surface area contributed by atoms with Crippen LogP contribution in [0.2, 0.25) is 5.02 Å². The lowest BCUT2D eigenvalue weighted by molar-refractivity contribution is -0.121. The largest absolute Gasteiger partial charge is 0.497 e. The Hall–Kier alpha value is -2.20. The molecule has 0 aliphatic heterocycles. The molecule has 5 heteroatoms. The molecule has 0 heterocycles. The fraction of sp³-hybridized carbons (Fsp3) is 0.278. The van der Waals surface area contributed by atoms with Crippen molar-refractivity contribution < 1.29 is 14.3 Å². The van der Waals surface area contributed by atoms with Crippen LogP contribution in [0.4, 0.5) is 0 Å². The third kappa shape index (κ3) is 5.83. The highest BCUT2D eigenvalue weighted by Gasteiger charge is 2.09. The van der Waals surface area contributed by atoms with Crippen molar-refractivity contribution in [2.24, 2.45) is 0 Å². The molecule has 0 bridgehead atoms. The van der Waals surface area contributed by atoms with Crippen molar-refractivity contribution in [2.45, 2.75) is 19.4 Å². The van der Waals surface area contributed by atoms with Gasteiger partial charge < -0.3 is 14.8 Å². The Kier molecular flexibility index (Phi) is 6.29. The van der Waals surface area contributed by atoms with Gasteiger partial charge in [0.15, 0.2) is 0 Å². The standard InChI is InChI=1S/C18H20ClNO3/c1-13(12-23-17-8-6-16(22-2)7-9-17)20-18(21)11-14-4-3-5-15(19)10-14/h3-10,13H,11-12H2,1-2H3,(H,20,21)/t13-/m1/s1. The molecule has 2 aromatic carbocycles. The van der Waals surface area contributed by atoms with Crippen molar-refractivity contribution in [3.8, 4) is 11.5 Å². The summed E-state index contributed by atoms with van der Waals surface area (Å²) in [5, 5.41) is 3.54. The molecule has 0 saturated heterocycles. The third-order valence-electron chi connectivity index (χ3n) is 3.22. The molecule has 2 rings (SSSR count). The maximum absolute atomic E-state index is 12.0. The maximum Gasteiger partial charge on any atom is 0.224 e. The Balaban J connectivity index is 1.77. The molecule has 0 saturated carbocycles. The number of carbonyl (C=O) groups is 1. The molecule has 0 aromatic heterocycles. The van der Waals surface area contributed by atoms with E-state index in [0.29, 0.717) is 18.1 Å². The first kappa shape index (κ1) is 17.2. The van der Waals surface area contributed by atoms with Crippen LogP contribution >= 0.6 is 11.6 Å². The van der Waals surface area contributed by atoms with Gasteiger partial charge in [-0.1, -0.05) is 23.7 Å². The maximum atomic E-state index is 12.0. The summed E-state index contributed by atoms with van der Waals surface area (Å²) in [7, 11) is 1.62. The van der Waals surface area contributed by atoms with Crippen molar-refractivity contribution in [2.75, 3.05) is 13.7 Å². The van der Waals surface area contributed by atoms with Crippen molar-refractivity contribution >= 4 is 17.5 Å². The van der Waals surface area contributed by atoms with E-state index in [2.05, 4.69) is 5.32 Å². The van der Waals surface area contributed by atoms with Crippen LogP contribution in [0.1, 0.15) is 12.5 Å². The summed E-state index contributed by atoms with van der Waals surface area (Å²) in [6.07, 6.45) is 0.299. The van der Waals surface area contributed by atoms with Gasteiger partial charge in [-0.05, 0) is 48.9 Å². The summed E-state index contributed by atoms with van der Waals surface area (Å²) in [5.41, 5.74) is 0.887. The number of nitrogens with one attached hydrogen (secondary N) is 1. The number of hydrogen-bond donors (Lipinski definition) is 1. The first-order chi connectivity index (χ1) is 11.1. The van der Waals surface area contributed by atoms with Gasteiger partial charge in [0.2, 0.25) is 5.91 Å². The zero-order valence-corrected chi connectivity index (χ0v) is 14.0. The molecule has 23 heavy (non-hydrogen) atoms. The number of methoxy groups -OCH3 is 1. The van der Waals surface area contributed by atoms with Crippen LogP contribution < -0.4 is 14.8 Å². The zero-order valence-electron chi connectivity index (χ0n) is 13.2. The summed E-state index contributed by atoms with van der Waals surface area (Å²) in [4.78, 5) is 12.0. The van der Waals surface area contributed by atoms with Crippen molar-refractivity contribution in [1.82, 2.24) is 5.32 Å². The number of amides is 1. The van der Waals surface area contributed by atoms with Crippen molar-refractivity contribution in [3.05, 3.63) is 59.1 Å². The van der Waals surface area contributed by atoms with Crippen LogP contribution in [0.5, 0.6) is 11.5 Å². The normalized spacial score (nSPS) is 11.6. The number of rotatable bonds is 7. The molecule has 0 aliphatic carbocycles. The van der Waals surface area contributed by atoms with Crippen LogP contribution in [0.3, 0.4) is 0 Å². The van der Waals surface area contributed by atoms with Gasteiger partial charge in [-0.2, -0.15) is 0 Å². The molecule has 0 spiro atoms. The van der Waals surface area contributed by atoms with Crippen LogP contribution in [-0.2, 0) is 11.2 Å². The Bertz CT molecular complexity index is 643. The first-order valence-corrected chi connectivity index (χ1v) is 7.75. The Morgan fingerprint density at radius 1 is 1.17 bits per heavy atom. The molecule has 4 nitrogen and oxygen atoms in total. The number of benzene rings is 2. The molecule has 1 amide bonds. The molecule has 122 valence electrons. The summed E-state index contributed by atoms with van der Waals surface area (Å²) < 4.78 is 10.7. The van der Waals surface area contributed by atoms with Gasteiger partial charge >= 0.3 is 0 Å². The predicted octanol–water partition coefficient (Wildman–Crippen LogP) is 3.47. The average Bonchev–Trinajstić information content (AvgIpc) is 2.53. The fourth-order valence-electron chi connectivity index (χ4n) is 2.09. The van der Waals surface area contributed by atoms with E-state index in [9.17, 15) is 4.79 Å². The van der Waals surface area contributed by atoms with Crippen molar-refractivity contribution in [1.29, 1.82) is 0 Å². The average molecular weight is 334 g/mol. The molecule has 1 N–H and O–H groups in total. The SMILES string of the molecule is COc1ccc(OC[C@@H](C)NC(=O)Cc2cccc(Cl)c2)cc1. The topological polar surface area (TPSA) is 47.6 Å². The van der Waals surface area contributed by atoms with E-state index >= 15 is 0 Å². The third-order valence-corrected chi connectivity index (χ3v) is 3.46. The van der Waals surface area contributed by atoms with Gasteiger partial charge in [-0.25, -0.2) is 0 Å². The van der Waals surface area contributed by atoms with E-state index in [4.69, 9.17) is 21.1 Å². The van der Waals surface area contributed by atoms with E-state index in [1.807, 2.05) is 43.3 Å². The minimum Gasteiger partial charge on any atom is -0.497 e. The molecule has 0 fully saturated rings. The van der Waals surface area contributed by atoms with Gasteiger partial charge in [-0.3, -0.25) is 4.79 Å². The molecular formula is C18H20ClNO3. The molecular weight excluding hydrogens is 314 g/mol. The van der Waals surface area contributed by atoms with Crippen LogP contribution in [0.15, 0.2) is 48.5 Å². The second-order valence-corrected chi connectivity index (χ2v) is 5.70. The van der Waals surface area contributed by atoms with Crippen molar-refractivity contribution in [3.63, 3.8) is 0 Å². The van der Waals surface area contributed by atoms with E-state index in [0.717, 1.165) is 17.1 Å². The second-order valence-electron chi connectivity index (χ2n) is 5.26. The van der Waals surface area contributed by atoms with E-state index in [1.165, 1.54) is 0 Å². The second kappa shape index (κ2) is 8.44. The number of halogens is 1. The smallest absolute Gasteiger partial charge is 0.224 e. The highest BCUT2D eigenvalue weighted by atomic mass is 35.5. The lowest BCUT2D eigenvalue weighted by Gasteiger charge is -2.15. The quantitative estimate of drug-likeness (QED) is 0.844. The number of carbonyl (C=O) groups excluding carboxylic acids is 1. The van der Waals surface area contributed by atoms with Gasteiger partial charge in [0.1, 0.15) is 18.1 Å². The van der Waals surface area contributed by atoms with Crippen LogP contribution in [0.25, 0.3) is 0 Å². The minimum absolute atomic E-state index is 0.0573. The van der Waals surface area contributed by atoms with Gasteiger partial charge in [0.25, 0.3) is 0 Å². The Morgan fingerprint density at radius 2 is 1.87 bits per heavy atom.